The predicted octanol–water partition coefficient (Wildman–Crippen LogP) is 5.59. The van der Waals surface area contributed by atoms with Gasteiger partial charge in [0.1, 0.15) is 18.1 Å². The number of likely N-dealkylation sites (tertiary alicyclic amines) is 1. The highest BCUT2D eigenvalue weighted by Gasteiger charge is 2.41. The van der Waals surface area contributed by atoms with Gasteiger partial charge in [-0.1, -0.05) is 47.6 Å². The van der Waals surface area contributed by atoms with Gasteiger partial charge in [-0.2, -0.15) is 0 Å². The van der Waals surface area contributed by atoms with Crippen molar-refractivity contribution in [1.29, 1.82) is 0 Å². The second-order valence-corrected chi connectivity index (χ2v) is 21.2. The van der Waals surface area contributed by atoms with E-state index in [-0.39, 0.29) is 48.9 Å². The van der Waals surface area contributed by atoms with Crippen molar-refractivity contribution < 1.29 is 28.7 Å². The number of carbonyl (C=O) groups is 5. The number of urea groups is 1. The van der Waals surface area contributed by atoms with Gasteiger partial charge in [0.05, 0.1) is 34.7 Å². The number of nitrogens with one attached hydrogen (secondary N) is 3. The minimum Gasteiger partial charge on any atom is -0.464 e. The van der Waals surface area contributed by atoms with Gasteiger partial charge in [0.25, 0.3) is 5.91 Å². The van der Waals surface area contributed by atoms with Crippen molar-refractivity contribution in [2.75, 3.05) is 46.9 Å². The zero-order chi connectivity index (χ0) is 47.9. The average molecular weight is 937 g/mol. The quantitative estimate of drug-likeness (QED) is 0.141. The van der Waals surface area contributed by atoms with Crippen LogP contribution in [0.4, 0.5) is 4.79 Å². The number of cyclic esters (lactones) is 1. The smallest absolute Gasteiger partial charge is 0.324 e. The van der Waals surface area contributed by atoms with Crippen LogP contribution >= 0.6 is 11.3 Å². The van der Waals surface area contributed by atoms with E-state index in [4.69, 9.17) is 14.7 Å². The highest BCUT2D eigenvalue weighted by molar-refractivity contribution is 7.10. The monoisotopic (exact) mass is 937 g/mol. The number of aromatic nitrogens is 3. The van der Waals surface area contributed by atoms with Crippen molar-refractivity contribution in [2.24, 2.45) is 11.3 Å². The van der Waals surface area contributed by atoms with E-state index in [1.165, 1.54) is 21.2 Å². The van der Waals surface area contributed by atoms with Crippen molar-refractivity contribution in [3.63, 3.8) is 0 Å². The normalized spacial score (nSPS) is 22.6. The standard InChI is InChI=1S/C50H68N10O6S/c1-10-59-40-18-17-31-22-34(40)35(44(59)33-15-11-19-51-42(33)29(2)3)24-50(6,7)28-66-48(64)36-16-13-21-60(55-36)47(63)37(23-41-53-39(31)27-67-41)54-45(61)43(30(4)5)57(9)49(65)58-20-12-14-32(26-58)56(8)46(62)38-25-52-38/h11,15,17-19,22,27,29-30,32,36-38,43,52,55H,10,12-14,16,20-21,23-26,28H2,1-9H3,(H,54,61)/t32-,36-,37-,38+,43-/m0/s1. The highest BCUT2D eigenvalue weighted by atomic mass is 32.1. The lowest BCUT2D eigenvalue weighted by atomic mass is 9.84. The summed E-state index contributed by atoms with van der Waals surface area (Å²) in [4.78, 5) is 85.2. The molecule has 7 heterocycles. The second kappa shape index (κ2) is 19.7. The van der Waals surface area contributed by atoms with E-state index < -0.39 is 41.3 Å². The summed E-state index contributed by atoms with van der Waals surface area (Å²) in [6, 6.07) is 7.23. The number of benzene rings is 1. The van der Waals surface area contributed by atoms with Gasteiger partial charge in [-0.25, -0.2) is 15.2 Å². The molecular formula is C50H68N10O6S. The Bertz CT molecular complexity index is 2510. The van der Waals surface area contributed by atoms with Crippen molar-refractivity contribution in [3.8, 4) is 22.5 Å². The number of hydrazine groups is 1. The minimum atomic E-state index is -1.07. The zero-order valence-electron chi connectivity index (χ0n) is 40.6. The lowest BCUT2D eigenvalue weighted by molar-refractivity contribution is -0.155. The number of carbonyl (C=O) groups excluding carboxylic acids is 5. The third-order valence-corrected chi connectivity index (χ3v) is 14.7. The maximum absolute atomic E-state index is 14.7. The molecule has 3 saturated heterocycles. The molecule has 6 bridgehead atoms. The van der Waals surface area contributed by atoms with E-state index in [9.17, 15) is 24.0 Å². The molecule has 0 saturated carbocycles. The summed E-state index contributed by atoms with van der Waals surface area (Å²) >= 11 is 1.42. The fraction of sp³-hybridized carbons (Fsp3) is 0.580. The van der Waals surface area contributed by atoms with Gasteiger partial charge in [-0.3, -0.25) is 29.2 Å². The molecule has 17 heteroatoms. The van der Waals surface area contributed by atoms with Crippen LogP contribution in [0.5, 0.6) is 0 Å². The van der Waals surface area contributed by atoms with Gasteiger partial charge in [0, 0.05) is 98.3 Å². The number of rotatable bonds is 9. The molecule has 3 aromatic heterocycles. The Morgan fingerprint density at radius 1 is 1.06 bits per heavy atom. The van der Waals surface area contributed by atoms with Crippen molar-refractivity contribution in [3.05, 3.63) is 58.2 Å². The fourth-order valence-electron chi connectivity index (χ4n) is 10.2. The first-order chi connectivity index (χ1) is 32.0. The van der Waals surface area contributed by atoms with Crippen LogP contribution in [-0.4, -0.2) is 141 Å². The van der Waals surface area contributed by atoms with Gasteiger partial charge in [0.2, 0.25) is 11.8 Å². The first-order valence-corrected chi connectivity index (χ1v) is 25.0. The van der Waals surface area contributed by atoms with E-state index in [1.807, 2.05) is 31.5 Å². The summed E-state index contributed by atoms with van der Waals surface area (Å²) in [5.74, 6) is -1.41. The summed E-state index contributed by atoms with van der Waals surface area (Å²) in [5.41, 5.74) is 9.82. The van der Waals surface area contributed by atoms with E-state index in [0.717, 1.165) is 64.1 Å². The number of nitrogens with zero attached hydrogens (tertiary/aromatic N) is 7. The fourth-order valence-corrected chi connectivity index (χ4v) is 11.1. The third kappa shape index (κ3) is 10.1. The van der Waals surface area contributed by atoms with Crippen LogP contribution in [0.15, 0.2) is 41.9 Å². The number of aryl methyl sites for hydroxylation is 1. The lowest BCUT2D eigenvalue weighted by Crippen LogP contribution is -2.63. The Balaban J connectivity index is 1.12. The van der Waals surface area contributed by atoms with Crippen LogP contribution in [0.1, 0.15) is 96.3 Å². The summed E-state index contributed by atoms with van der Waals surface area (Å²) in [5, 5.41) is 11.3. The van der Waals surface area contributed by atoms with Crippen LogP contribution in [0, 0.1) is 11.3 Å². The summed E-state index contributed by atoms with van der Waals surface area (Å²) < 4.78 is 8.49. The number of esters is 1. The molecule has 4 aliphatic rings. The van der Waals surface area contributed by atoms with Gasteiger partial charge in [0.15, 0.2) is 0 Å². The molecule has 67 heavy (non-hydrogen) atoms. The zero-order valence-corrected chi connectivity index (χ0v) is 41.4. The molecule has 5 amide bonds. The number of fused-ring (bicyclic) bond motifs is 6. The molecule has 360 valence electrons. The highest BCUT2D eigenvalue weighted by Crippen LogP contribution is 2.42. The Labute approximate surface area is 398 Å². The Hall–Kier alpha value is -5.39. The molecule has 3 N–H and O–H groups in total. The molecule has 0 spiro atoms. The Morgan fingerprint density at radius 2 is 1.82 bits per heavy atom. The predicted molar refractivity (Wildman–Crippen MR) is 259 cm³/mol. The number of ether oxygens (including phenoxy) is 1. The Morgan fingerprint density at radius 3 is 2.54 bits per heavy atom. The lowest BCUT2D eigenvalue weighted by Gasteiger charge is -2.41. The number of thiazole rings is 1. The number of hydrogen-bond acceptors (Lipinski definition) is 11. The van der Waals surface area contributed by atoms with E-state index in [2.05, 4.69) is 79.5 Å². The minimum absolute atomic E-state index is 0.0251. The molecule has 1 aromatic carbocycles. The third-order valence-electron chi connectivity index (χ3n) is 13.9. The SMILES string of the molecule is CCn1c(-c2cccnc2C(C)C)c2c3cc(ccc31)-c1csc(n1)C[C@H](NC(=O)[C@H](C(C)C)N(C)C(=O)N1CCC[C@H](N(C)C(=O)[C@H]3CN3)C1)C(=O)N1CCC[C@H](N1)C(=O)OCC(C)(C)C2. The first kappa shape index (κ1) is 48.1. The largest absolute Gasteiger partial charge is 0.464 e. The number of amides is 5. The van der Waals surface area contributed by atoms with Crippen molar-refractivity contribution >= 4 is 52.0 Å². The van der Waals surface area contributed by atoms with Crippen molar-refractivity contribution in [1.82, 2.24) is 50.3 Å². The van der Waals surface area contributed by atoms with Crippen LogP contribution in [-0.2, 0) is 43.3 Å². The van der Waals surface area contributed by atoms with Gasteiger partial charge in [-0.05, 0) is 80.7 Å². The van der Waals surface area contributed by atoms with E-state index in [0.29, 0.717) is 50.4 Å². The molecule has 4 aliphatic heterocycles. The maximum atomic E-state index is 14.7. The van der Waals surface area contributed by atoms with Crippen LogP contribution in [0.3, 0.4) is 0 Å². The van der Waals surface area contributed by atoms with Crippen LogP contribution < -0.4 is 16.1 Å². The van der Waals surface area contributed by atoms with Crippen LogP contribution in [0.2, 0.25) is 0 Å². The molecule has 0 aliphatic carbocycles. The molecule has 0 radical (unpaired) electrons. The molecule has 0 unspecified atom stereocenters. The molecule has 8 rings (SSSR count). The number of hydrogen-bond donors (Lipinski definition) is 3. The molecule has 3 fully saturated rings. The maximum Gasteiger partial charge on any atom is 0.324 e. The topological polar surface area (TPSA) is 184 Å². The molecule has 16 nitrogen and oxygen atoms in total. The molecule has 5 atom stereocenters. The Kier molecular flexibility index (Phi) is 14.1. The summed E-state index contributed by atoms with van der Waals surface area (Å²) in [6.07, 6.45) is 5.10. The number of pyridine rings is 1. The summed E-state index contributed by atoms with van der Waals surface area (Å²) in [7, 11) is 3.42. The van der Waals surface area contributed by atoms with Crippen molar-refractivity contribution in [2.45, 2.75) is 130 Å². The van der Waals surface area contributed by atoms with Gasteiger partial charge in [-0.15, -0.1) is 11.3 Å². The van der Waals surface area contributed by atoms with E-state index >= 15 is 0 Å². The second-order valence-electron chi connectivity index (χ2n) is 20.3. The first-order valence-electron chi connectivity index (χ1n) is 24.1. The molecular weight excluding hydrogens is 869 g/mol. The van der Waals surface area contributed by atoms with Crippen LogP contribution in [0.25, 0.3) is 33.4 Å². The van der Waals surface area contributed by atoms with Gasteiger partial charge >= 0.3 is 12.0 Å². The van der Waals surface area contributed by atoms with E-state index in [1.54, 1.807) is 23.9 Å². The molecule has 4 aromatic rings. The van der Waals surface area contributed by atoms with Gasteiger partial charge < -0.3 is 34.6 Å². The number of likely N-dealkylation sites (N-methyl/N-ethyl adjacent to an activating group) is 2. The summed E-state index contributed by atoms with van der Waals surface area (Å²) in [6.45, 7) is 17.2. The average Bonchev–Trinajstić information content (AvgIpc) is 3.99. The number of piperidine rings is 1.